The first-order valence-electron chi connectivity index (χ1n) is 42.4. The topological polar surface area (TPSA) is 237 Å². The van der Waals surface area contributed by atoms with Crippen molar-refractivity contribution in [1.82, 2.24) is 0 Å². The number of hydrogen-bond donors (Lipinski definition) is 3. The molecule has 6 atom stereocenters. The Morgan fingerprint density at radius 1 is 0.287 bits per heavy atom. The van der Waals surface area contributed by atoms with Crippen molar-refractivity contribution in [2.45, 2.75) is 446 Å². The molecule has 0 fully saturated rings. The first kappa shape index (κ1) is 99.1. The molecule has 0 aromatic carbocycles. The van der Waals surface area contributed by atoms with Crippen LogP contribution in [0.25, 0.3) is 0 Å². The van der Waals surface area contributed by atoms with Crippen LogP contribution in [0.4, 0.5) is 0 Å². The molecule has 3 N–H and O–H groups in total. The van der Waals surface area contributed by atoms with E-state index in [1.54, 1.807) is 0 Å². The van der Waals surface area contributed by atoms with Crippen molar-refractivity contribution in [1.29, 1.82) is 0 Å². The van der Waals surface area contributed by atoms with Crippen LogP contribution in [0, 0.1) is 17.8 Å². The molecule has 600 valence electrons. The van der Waals surface area contributed by atoms with Crippen molar-refractivity contribution >= 4 is 39.5 Å². The number of aliphatic hydroxyl groups is 1. The molecule has 0 spiro atoms. The SMILES string of the molecule is CCCCCCCCCCCCCCCCCCCC(=O)OC[C@H](COP(=O)(O)OC[C@@H](O)COP(=O)(O)OC[C@@H](COC(=O)CCCCCCCCC(C)C)OC(=O)CCCCCCCCCCCCC(C)CC)OC(=O)CCCCCCCCCCCCCCCCCCCCC(C)C. The number of rotatable bonds is 80. The van der Waals surface area contributed by atoms with Crippen LogP contribution in [-0.4, -0.2) is 96.7 Å². The standard InChI is InChI=1S/C82H160O17P2/c1-8-10-11-12-13-14-15-16-17-20-24-27-30-36-41-49-56-63-79(84)92-69-77(98-81(86)65-58-51-42-37-31-28-25-22-19-18-21-23-26-29-34-39-46-53-60-73(3)4)71-96-100(88,89)94-67-76(83)68-95-101(90,91)97-72-78(70-93-80(85)64-57-50-45-44-47-54-61-74(5)6)99-82(87)66-59-52-43-38-33-32-35-40-48-55-62-75(7)9-2/h73-78,83H,8-72H2,1-7H3,(H,88,89)(H,90,91)/t75?,76-,77-,78-/m1/s1. The number of carbonyl (C=O) groups excluding carboxylic acids is 4. The summed E-state index contributed by atoms with van der Waals surface area (Å²) in [6, 6.07) is 0. The fourth-order valence-corrected chi connectivity index (χ4v) is 14.2. The summed E-state index contributed by atoms with van der Waals surface area (Å²) >= 11 is 0. The monoisotopic (exact) mass is 1480 g/mol. The molecule has 0 aliphatic carbocycles. The van der Waals surface area contributed by atoms with Crippen LogP contribution in [0.3, 0.4) is 0 Å². The summed E-state index contributed by atoms with van der Waals surface area (Å²) in [6.07, 6.45) is 61.2. The molecular weight excluding hydrogens is 1320 g/mol. The Morgan fingerprint density at radius 2 is 0.505 bits per heavy atom. The lowest BCUT2D eigenvalue weighted by Crippen LogP contribution is -2.30. The highest BCUT2D eigenvalue weighted by Gasteiger charge is 2.30. The molecule has 0 amide bonds. The van der Waals surface area contributed by atoms with Gasteiger partial charge in [0.2, 0.25) is 0 Å². The summed E-state index contributed by atoms with van der Waals surface area (Å²) in [6.45, 7) is 11.9. The fourth-order valence-electron chi connectivity index (χ4n) is 12.6. The van der Waals surface area contributed by atoms with Gasteiger partial charge in [0, 0.05) is 25.7 Å². The van der Waals surface area contributed by atoms with Gasteiger partial charge in [-0.05, 0) is 43.4 Å². The van der Waals surface area contributed by atoms with Crippen LogP contribution in [0.5, 0.6) is 0 Å². The molecule has 0 aromatic heterocycles. The van der Waals surface area contributed by atoms with Crippen molar-refractivity contribution in [3.05, 3.63) is 0 Å². The maximum atomic E-state index is 13.1. The second-order valence-corrected chi connectivity index (χ2v) is 33.6. The second kappa shape index (κ2) is 72.3. The molecule has 0 aromatic rings. The lowest BCUT2D eigenvalue weighted by Gasteiger charge is -2.21. The Bertz CT molecular complexity index is 1960. The Hall–Kier alpha value is -1.94. The fraction of sp³-hybridized carbons (Fsp3) is 0.951. The van der Waals surface area contributed by atoms with E-state index in [4.69, 9.17) is 37.0 Å². The third kappa shape index (κ3) is 74.7. The van der Waals surface area contributed by atoms with Gasteiger partial charge in [0.25, 0.3) is 0 Å². The van der Waals surface area contributed by atoms with E-state index in [1.165, 1.54) is 231 Å². The lowest BCUT2D eigenvalue weighted by atomic mass is 9.99. The molecule has 0 aliphatic heterocycles. The molecule has 0 aliphatic rings. The Labute approximate surface area is 619 Å². The number of esters is 4. The maximum Gasteiger partial charge on any atom is 0.472 e. The van der Waals surface area contributed by atoms with Crippen LogP contribution >= 0.6 is 15.6 Å². The third-order valence-electron chi connectivity index (χ3n) is 19.5. The Balaban J connectivity index is 5.22. The molecule has 0 saturated heterocycles. The minimum atomic E-state index is -4.96. The van der Waals surface area contributed by atoms with Crippen LogP contribution < -0.4 is 0 Å². The van der Waals surface area contributed by atoms with Crippen molar-refractivity contribution in [2.75, 3.05) is 39.6 Å². The highest BCUT2D eigenvalue weighted by molar-refractivity contribution is 7.47. The van der Waals surface area contributed by atoms with Crippen molar-refractivity contribution in [3.8, 4) is 0 Å². The zero-order chi connectivity index (χ0) is 74.4. The number of unbranched alkanes of at least 4 members (excludes halogenated alkanes) is 47. The quantitative estimate of drug-likeness (QED) is 0.0222. The average Bonchev–Trinajstić information content (AvgIpc) is 0.931. The number of phosphoric ester groups is 2. The van der Waals surface area contributed by atoms with Gasteiger partial charge >= 0.3 is 39.5 Å². The summed E-state index contributed by atoms with van der Waals surface area (Å²) in [5, 5.41) is 10.6. The first-order chi connectivity index (χ1) is 48.8. The van der Waals surface area contributed by atoms with E-state index >= 15 is 0 Å². The molecule has 0 heterocycles. The van der Waals surface area contributed by atoms with Crippen LogP contribution in [0.15, 0.2) is 0 Å². The Kier molecular flexibility index (Phi) is 70.9. The Morgan fingerprint density at radius 3 is 0.752 bits per heavy atom. The highest BCUT2D eigenvalue weighted by atomic mass is 31.2. The number of ether oxygens (including phenoxy) is 4. The van der Waals surface area contributed by atoms with Crippen LogP contribution in [0.2, 0.25) is 0 Å². The van der Waals surface area contributed by atoms with Crippen molar-refractivity contribution in [2.24, 2.45) is 17.8 Å². The molecule has 101 heavy (non-hydrogen) atoms. The third-order valence-corrected chi connectivity index (χ3v) is 21.4. The summed E-state index contributed by atoms with van der Waals surface area (Å²) in [7, 11) is -9.92. The molecule has 3 unspecified atom stereocenters. The summed E-state index contributed by atoms with van der Waals surface area (Å²) in [5.41, 5.74) is 0. The van der Waals surface area contributed by atoms with Gasteiger partial charge in [0.1, 0.15) is 19.3 Å². The minimum absolute atomic E-state index is 0.105. The summed E-state index contributed by atoms with van der Waals surface area (Å²) in [5.74, 6) is 0.190. The molecule has 0 saturated carbocycles. The number of carbonyl (C=O) groups is 4. The van der Waals surface area contributed by atoms with Crippen LogP contribution in [-0.2, 0) is 65.4 Å². The van der Waals surface area contributed by atoms with E-state index in [1.807, 2.05) is 0 Å². The number of phosphoric acid groups is 2. The van der Waals surface area contributed by atoms with E-state index < -0.39 is 97.5 Å². The van der Waals surface area contributed by atoms with E-state index in [-0.39, 0.29) is 25.7 Å². The average molecular weight is 1480 g/mol. The van der Waals surface area contributed by atoms with Gasteiger partial charge in [0.15, 0.2) is 12.2 Å². The molecule has 19 heteroatoms. The van der Waals surface area contributed by atoms with E-state index in [2.05, 4.69) is 48.5 Å². The van der Waals surface area contributed by atoms with E-state index in [0.717, 1.165) is 108 Å². The second-order valence-electron chi connectivity index (χ2n) is 30.7. The number of aliphatic hydroxyl groups excluding tert-OH is 1. The van der Waals surface area contributed by atoms with Crippen molar-refractivity contribution < 1.29 is 80.2 Å². The smallest absolute Gasteiger partial charge is 0.462 e. The van der Waals surface area contributed by atoms with E-state index in [9.17, 15) is 43.2 Å². The molecule has 0 bridgehead atoms. The zero-order valence-electron chi connectivity index (χ0n) is 66.4. The lowest BCUT2D eigenvalue weighted by molar-refractivity contribution is -0.161. The highest BCUT2D eigenvalue weighted by Crippen LogP contribution is 2.45. The molecule has 0 radical (unpaired) electrons. The zero-order valence-corrected chi connectivity index (χ0v) is 68.2. The van der Waals surface area contributed by atoms with Crippen LogP contribution in [0.1, 0.15) is 427 Å². The summed E-state index contributed by atoms with van der Waals surface area (Å²) in [4.78, 5) is 73.0. The van der Waals surface area contributed by atoms with Gasteiger partial charge < -0.3 is 33.8 Å². The van der Waals surface area contributed by atoms with Gasteiger partial charge in [-0.3, -0.25) is 37.3 Å². The van der Waals surface area contributed by atoms with Gasteiger partial charge in [-0.15, -0.1) is 0 Å². The van der Waals surface area contributed by atoms with Gasteiger partial charge in [0.05, 0.1) is 26.4 Å². The van der Waals surface area contributed by atoms with Gasteiger partial charge in [-0.1, -0.05) is 376 Å². The first-order valence-corrected chi connectivity index (χ1v) is 45.4. The minimum Gasteiger partial charge on any atom is -0.462 e. The molecule has 0 rings (SSSR count). The largest absolute Gasteiger partial charge is 0.472 e. The van der Waals surface area contributed by atoms with Gasteiger partial charge in [-0.2, -0.15) is 0 Å². The maximum absolute atomic E-state index is 13.1. The molecular formula is C82H160O17P2. The van der Waals surface area contributed by atoms with E-state index in [0.29, 0.717) is 31.6 Å². The molecule has 17 nitrogen and oxygen atoms in total. The number of hydrogen-bond acceptors (Lipinski definition) is 15. The normalized spacial score (nSPS) is 14.2. The van der Waals surface area contributed by atoms with Gasteiger partial charge in [-0.25, -0.2) is 9.13 Å². The predicted molar refractivity (Wildman–Crippen MR) is 414 cm³/mol. The van der Waals surface area contributed by atoms with Crippen molar-refractivity contribution in [3.63, 3.8) is 0 Å². The summed E-state index contributed by atoms with van der Waals surface area (Å²) < 4.78 is 68.7. The predicted octanol–water partition coefficient (Wildman–Crippen LogP) is 24.5.